The summed E-state index contributed by atoms with van der Waals surface area (Å²) in [5.41, 5.74) is 0.748. The van der Waals surface area contributed by atoms with Gasteiger partial charge in [-0.05, 0) is 36.1 Å². The Balaban J connectivity index is 1.84. The Morgan fingerprint density at radius 3 is 2.61 bits per heavy atom. The monoisotopic (exact) mass is 371 g/mol. The molecule has 4 rings (SSSR count). The number of piperidine rings is 1. The molecule has 28 heavy (non-hydrogen) atoms. The minimum absolute atomic E-state index is 0.0623. The minimum atomic E-state index is -0.993. The third-order valence-corrected chi connectivity index (χ3v) is 6.04. The van der Waals surface area contributed by atoms with E-state index in [-0.39, 0.29) is 29.1 Å². The summed E-state index contributed by atoms with van der Waals surface area (Å²) in [7, 11) is 0. The Morgan fingerprint density at radius 1 is 1.18 bits per heavy atom. The Bertz CT molecular complexity index is 978. The number of ketones is 1. The van der Waals surface area contributed by atoms with Gasteiger partial charge in [0.2, 0.25) is 5.91 Å². The highest BCUT2D eigenvalue weighted by molar-refractivity contribution is 6.06. The average Bonchev–Trinajstić information content (AvgIpc) is 2.74. The van der Waals surface area contributed by atoms with E-state index in [9.17, 15) is 14.9 Å². The number of benzene rings is 1. The molecule has 5 heteroatoms. The van der Waals surface area contributed by atoms with E-state index in [1.54, 1.807) is 17.2 Å². The number of fused-ring (bicyclic) bond motifs is 1. The topological polar surface area (TPSA) is 74.1 Å². The first-order valence-corrected chi connectivity index (χ1v) is 9.50. The fraction of sp³-hybridized carbons (Fsp3) is 0.304. The number of carbonyl (C=O) groups excluding carboxylic acids is 2. The molecular formula is C23H21N3O2. The van der Waals surface area contributed by atoms with Gasteiger partial charge in [0, 0.05) is 18.7 Å². The van der Waals surface area contributed by atoms with Gasteiger partial charge >= 0.3 is 0 Å². The van der Waals surface area contributed by atoms with Gasteiger partial charge in [0.1, 0.15) is 6.07 Å². The quantitative estimate of drug-likeness (QED) is 0.831. The molecule has 1 fully saturated rings. The van der Waals surface area contributed by atoms with E-state index >= 15 is 0 Å². The predicted octanol–water partition coefficient (Wildman–Crippen LogP) is 3.04. The summed E-state index contributed by atoms with van der Waals surface area (Å²) in [4.78, 5) is 32.6. The highest BCUT2D eigenvalue weighted by atomic mass is 16.2. The van der Waals surface area contributed by atoms with Gasteiger partial charge in [-0.1, -0.05) is 43.3 Å². The molecule has 140 valence electrons. The van der Waals surface area contributed by atoms with Crippen molar-refractivity contribution in [3.05, 3.63) is 77.6 Å². The van der Waals surface area contributed by atoms with E-state index in [0.717, 1.165) is 11.3 Å². The number of hydrogen-bond acceptors (Lipinski definition) is 4. The molecule has 0 N–H and O–H groups in total. The maximum absolute atomic E-state index is 13.8. The summed E-state index contributed by atoms with van der Waals surface area (Å²) < 4.78 is 0. The lowest BCUT2D eigenvalue weighted by atomic mass is 9.57. The molecular weight excluding hydrogens is 350 g/mol. The van der Waals surface area contributed by atoms with Crippen molar-refractivity contribution in [1.82, 2.24) is 9.88 Å². The summed E-state index contributed by atoms with van der Waals surface area (Å²) in [6.07, 6.45) is 4.05. The lowest BCUT2D eigenvalue weighted by molar-refractivity contribution is -0.145. The maximum atomic E-state index is 13.8. The zero-order valence-corrected chi connectivity index (χ0v) is 15.7. The predicted molar refractivity (Wildman–Crippen MR) is 104 cm³/mol. The van der Waals surface area contributed by atoms with Gasteiger partial charge in [0.15, 0.2) is 5.78 Å². The number of nitrogens with zero attached hydrogens (tertiary/aromatic N) is 3. The molecule has 1 aliphatic carbocycles. The second kappa shape index (κ2) is 7.05. The highest BCUT2D eigenvalue weighted by Crippen LogP contribution is 2.49. The van der Waals surface area contributed by atoms with Gasteiger partial charge < -0.3 is 4.90 Å². The first-order chi connectivity index (χ1) is 13.6. The average molecular weight is 371 g/mol. The summed E-state index contributed by atoms with van der Waals surface area (Å²) in [6.45, 7) is 2.83. The van der Waals surface area contributed by atoms with Crippen molar-refractivity contribution in [2.45, 2.75) is 25.3 Å². The maximum Gasteiger partial charge on any atom is 0.237 e. The standard InChI is InChI=1S/C23H21N3O2/c1-16-20-10-12-26(15-19-9-5-6-11-25-19)22(28)23(20,13-17(14-24)21(16)27)18-7-3-2-4-8-18/h2-9,11,13,16,20H,10,12,15H2,1H3/t16-,20+,23-/m0/s1. The molecule has 1 aliphatic heterocycles. The zero-order chi connectivity index (χ0) is 19.7. The lowest BCUT2D eigenvalue weighted by Gasteiger charge is -2.49. The Hall–Kier alpha value is -3.26. The Kier molecular flexibility index (Phi) is 4.56. The van der Waals surface area contributed by atoms with Crippen molar-refractivity contribution >= 4 is 11.7 Å². The van der Waals surface area contributed by atoms with Crippen LogP contribution in [-0.2, 0) is 21.5 Å². The molecule has 2 aromatic rings. The number of likely N-dealkylation sites (tertiary alicyclic amines) is 1. The number of pyridine rings is 1. The van der Waals surface area contributed by atoms with E-state index in [1.165, 1.54) is 0 Å². The number of carbonyl (C=O) groups is 2. The molecule has 0 unspecified atom stereocenters. The van der Waals surface area contributed by atoms with E-state index in [2.05, 4.69) is 4.98 Å². The third-order valence-electron chi connectivity index (χ3n) is 6.04. The molecule has 2 aliphatic rings. The third kappa shape index (κ3) is 2.73. The molecule has 3 atom stereocenters. The largest absolute Gasteiger partial charge is 0.336 e. The molecule has 0 bridgehead atoms. The van der Waals surface area contributed by atoms with Crippen molar-refractivity contribution < 1.29 is 9.59 Å². The van der Waals surface area contributed by atoms with Gasteiger partial charge in [-0.2, -0.15) is 5.26 Å². The molecule has 0 saturated carbocycles. The highest BCUT2D eigenvalue weighted by Gasteiger charge is 2.56. The smallest absolute Gasteiger partial charge is 0.237 e. The van der Waals surface area contributed by atoms with Crippen molar-refractivity contribution in [1.29, 1.82) is 5.26 Å². The van der Waals surface area contributed by atoms with Gasteiger partial charge in [-0.25, -0.2) is 0 Å². The molecule has 2 heterocycles. The zero-order valence-electron chi connectivity index (χ0n) is 15.7. The second-order valence-electron chi connectivity index (χ2n) is 7.50. The van der Waals surface area contributed by atoms with Crippen LogP contribution in [0.1, 0.15) is 24.6 Å². The normalized spacial score (nSPS) is 27.0. The molecule has 1 aromatic heterocycles. The molecule has 1 saturated heterocycles. The second-order valence-corrected chi connectivity index (χ2v) is 7.50. The fourth-order valence-corrected chi connectivity index (χ4v) is 4.64. The van der Waals surface area contributed by atoms with E-state index in [1.807, 2.05) is 61.5 Å². The van der Waals surface area contributed by atoms with Crippen LogP contribution in [0.3, 0.4) is 0 Å². The van der Waals surface area contributed by atoms with Gasteiger partial charge in [0.25, 0.3) is 0 Å². The SMILES string of the molecule is C[C@@H]1C(=O)C(C#N)=C[C@@]2(c3ccccc3)C(=O)N(Cc3ccccn3)CC[C@H]12. The van der Waals surface area contributed by atoms with Crippen LogP contribution in [0.25, 0.3) is 0 Å². The van der Waals surface area contributed by atoms with Crippen LogP contribution in [0, 0.1) is 23.2 Å². The van der Waals surface area contributed by atoms with E-state index < -0.39 is 5.41 Å². The fourth-order valence-electron chi connectivity index (χ4n) is 4.64. The Labute approximate surface area is 164 Å². The lowest BCUT2D eigenvalue weighted by Crippen LogP contribution is -2.59. The van der Waals surface area contributed by atoms with E-state index in [4.69, 9.17) is 0 Å². The van der Waals surface area contributed by atoms with Crippen molar-refractivity contribution in [3.63, 3.8) is 0 Å². The first-order valence-electron chi connectivity index (χ1n) is 9.50. The molecule has 0 radical (unpaired) electrons. The minimum Gasteiger partial charge on any atom is -0.336 e. The van der Waals surface area contributed by atoms with Crippen molar-refractivity contribution in [3.8, 4) is 6.07 Å². The van der Waals surface area contributed by atoms with Gasteiger partial charge in [-0.3, -0.25) is 14.6 Å². The molecule has 1 amide bonds. The van der Waals surface area contributed by atoms with Crippen molar-refractivity contribution in [2.24, 2.45) is 11.8 Å². The molecule has 1 aromatic carbocycles. The van der Waals surface area contributed by atoms with Crippen LogP contribution in [0.4, 0.5) is 0 Å². The van der Waals surface area contributed by atoms with Gasteiger partial charge in [0.05, 0.1) is 23.2 Å². The number of nitriles is 1. The van der Waals surface area contributed by atoms with Crippen molar-refractivity contribution in [2.75, 3.05) is 6.54 Å². The number of allylic oxidation sites excluding steroid dienone is 1. The number of amides is 1. The molecule has 0 spiro atoms. The summed E-state index contributed by atoms with van der Waals surface area (Å²) >= 11 is 0. The van der Waals surface area contributed by atoms with Crippen LogP contribution < -0.4 is 0 Å². The summed E-state index contributed by atoms with van der Waals surface area (Å²) in [5.74, 6) is -0.759. The first kappa shape index (κ1) is 18.1. The number of rotatable bonds is 3. The summed E-state index contributed by atoms with van der Waals surface area (Å²) in [5, 5.41) is 9.54. The summed E-state index contributed by atoms with van der Waals surface area (Å²) in [6, 6.07) is 17.2. The molecule has 5 nitrogen and oxygen atoms in total. The van der Waals surface area contributed by atoms with Crippen LogP contribution in [-0.4, -0.2) is 28.1 Å². The number of hydrogen-bond donors (Lipinski definition) is 0. The number of aromatic nitrogens is 1. The van der Waals surface area contributed by atoms with Crippen LogP contribution in [0.15, 0.2) is 66.4 Å². The van der Waals surface area contributed by atoms with Crippen LogP contribution in [0.2, 0.25) is 0 Å². The van der Waals surface area contributed by atoms with Crippen LogP contribution in [0.5, 0.6) is 0 Å². The Morgan fingerprint density at radius 2 is 1.93 bits per heavy atom. The van der Waals surface area contributed by atoms with Crippen LogP contribution >= 0.6 is 0 Å². The number of Topliss-reactive ketones (excluding diaryl/α,β-unsaturated/α-hetero) is 1. The van der Waals surface area contributed by atoms with E-state index in [0.29, 0.717) is 19.5 Å². The van der Waals surface area contributed by atoms with Gasteiger partial charge in [-0.15, -0.1) is 0 Å².